The molecule has 2 aromatic heterocycles. The topological polar surface area (TPSA) is 112 Å². The third-order valence-corrected chi connectivity index (χ3v) is 6.35. The number of anilines is 1. The third kappa shape index (κ3) is 3.21. The summed E-state index contributed by atoms with van der Waals surface area (Å²) in [7, 11) is 1.61. The smallest absolute Gasteiger partial charge is 0.269 e. The van der Waals surface area contributed by atoms with E-state index in [9.17, 15) is 14.9 Å². The fourth-order valence-corrected chi connectivity index (χ4v) is 4.89. The molecule has 5 rings (SSSR count). The van der Waals surface area contributed by atoms with Crippen LogP contribution in [0.25, 0.3) is 15.3 Å². The molecule has 1 aliphatic rings. The molecule has 0 unspecified atom stereocenters. The summed E-state index contributed by atoms with van der Waals surface area (Å²) in [6.07, 6.45) is 0.192. The Labute approximate surface area is 180 Å². The molecule has 0 fully saturated rings. The molecule has 31 heavy (non-hydrogen) atoms. The van der Waals surface area contributed by atoms with Crippen molar-refractivity contribution < 1.29 is 14.5 Å². The highest BCUT2D eigenvalue weighted by Gasteiger charge is 2.33. The summed E-state index contributed by atoms with van der Waals surface area (Å²) in [6.45, 7) is 1.87. The molecular weight excluding hydrogens is 418 g/mol. The Hall–Kier alpha value is -3.79. The summed E-state index contributed by atoms with van der Waals surface area (Å²) in [5, 5.41) is 19.4. The van der Waals surface area contributed by atoms with Crippen molar-refractivity contribution >= 4 is 39.0 Å². The van der Waals surface area contributed by atoms with Crippen LogP contribution in [-0.2, 0) is 4.79 Å². The Morgan fingerprint density at radius 1 is 1.29 bits per heavy atom. The zero-order valence-electron chi connectivity index (χ0n) is 16.7. The molecule has 3 heterocycles. The van der Waals surface area contributed by atoms with E-state index in [1.807, 2.05) is 25.1 Å². The van der Waals surface area contributed by atoms with Crippen LogP contribution in [0.2, 0.25) is 0 Å². The molecule has 2 aromatic carbocycles. The Balaban J connectivity index is 1.64. The van der Waals surface area contributed by atoms with Gasteiger partial charge in [-0.05, 0) is 30.7 Å². The van der Waals surface area contributed by atoms with E-state index < -0.39 is 4.92 Å². The summed E-state index contributed by atoms with van der Waals surface area (Å²) in [6, 6.07) is 12.0. The van der Waals surface area contributed by atoms with Crippen molar-refractivity contribution in [1.29, 1.82) is 0 Å². The number of carbonyl (C=O) groups is 1. The van der Waals surface area contributed by atoms with Crippen LogP contribution in [0, 0.1) is 17.0 Å². The number of fused-ring (bicyclic) bond motifs is 2. The Morgan fingerprint density at radius 2 is 2.13 bits per heavy atom. The van der Waals surface area contributed by atoms with E-state index in [0.717, 1.165) is 27.2 Å². The van der Waals surface area contributed by atoms with Gasteiger partial charge in [0.05, 0.1) is 27.9 Å². The predicted octanol–water partition coefficient (Wildman–Crippen LogP) is 4.18. The third-order valence-electron chi connectivity index (χ3n) is 5.35. The Bertz CT molecular complexity index is 1360. The van der Waals surface area contributed by atoms with Gasteiger partial charge in [-0.15, -0.1) is 0 Å². The van der Waals surface area contributed by atoms with Crippen LogP contribution in [0.4, 0.5) is 11.5 Å². The number of non-ortho nitro benzene ring substituents is 1. The lowest BCUT2D eigenvalue weighted by atomic mass is 9.85. The minimum absolute atomic E-state index is 0.00445. The molecule has 0 bridgehead atoms. The van der Waals surface area contributed by atoms with Gasteiger partial charge in [0, 0.05) is 30.0 Å². The molecule has 0 aliphatic carbocycles. The number of hydrogen-bond acceptors (Lipinski definition) is 7. The number of aryl methyl sites for hydroxylation is 1. The summed E-state index contributed by atoms with van der Waals surface area (Å²) in [5.41, 5.74) is 3.09. The normalized spacial score (nSPS) is 15.5. The zero-order chi connectivity index (χ0) is 21.7. The second-order valence-corrected chi connectivity index (χ2v) is 8.26. The molecule has 9 nitrogen and oxygen atoms in total. The largest absolute Gasteiger partial charge is 0.497 e. The highest BCUT2D eigenvalue weighted by molar-refractivity contribution is 7.20. The number of ether oxygens (including phenoxy) is 1. The van der Waals surface area contributed by atoms with Gasteiger partial charge in [-0.3, -0.25) is 14.9 Å². The van der Waals surface area contributed by atoms with E-state index in [1.165, 1.54) is 23.5 Å². The Morgan fingerprint density at radius 3 is 2.90 bits per heavy atom. The highest BCUT2D eigenvalue weighted by Crippen LogP contribution is 2.41. The van der Waals surface area contributed by atoms with Gasteiger partial charge in [-0.2, -0.15) is 9.78 Å². The highest BCUT2D eigenvalue weighted by atomic mass is 32.1. The van der Waals surface area contributed by atoms with Crippen molar-refractivity contribution in [2.75, 3.05) is 12.4 Å². The van der Waals surface area contributed by atoms with Gasteiger partial charge in [-0.25, -0.2) is 4.98 Å². The first-order valence-electron chi connectivity index (χ1n) is 9.53. The van der Waals surface area contributed by atoms with Crippen molar-refractivity contribution in [3.63, 3.8) is 0 Å². The average Bonchev–Trinajstić information content (AvgIpc) is 3.33. The number of benzene rings is 2. The maximum absolute atomic E-state index is 12.6. The van der Waals surface area contributed by atoms with E-state index in [1.54, 1.807) is 23.9 Å². The first-order chi connectivity index (χ1) is 14.9. The lowest BCUT2D eigenvalue weighted by molar-refractivity contribution is -0.384. The predicted molar refractivity (Wildman–Crippen MR) is 116 cm³/mol. The van der Waals surface area contributed by atoms with E-state index in [0.29, 0.717) is 16.5 Å². The number of methoxy groups -OCH3 is 1. The lowest BCUT2D eigenvalue weighted by Gasteiger charge is -2.24. The number of carbonyl (C=O) groups excluding carboxylic acids is 1. The number of amides is 1. The second kappa shape index (κ2) is 7.17. The molecule has 0 radical (unpaired) electrons. The fraction of sp³-hybridized carbons (Fsp3) is 0.190. The number of nitro groups is 1. The minimum atomic E-state index is -0.432. The van der Waals surface area contributed by atoms with Gasteiger partial charge in [0.15, 0.2) is 0 Å². The number of rotatable bonds is 4. The minimum Gasteiger partial charge on any atom is -0.497 e. The van der Waals surface area contributed by atoms with Crippen LogP contribution >= 0.6 is 11.3 Å². The van der Waals surface area contributed by atoms with Gasteiger partial charge < -0.3 is 10.1 Å². The van der Waals surface area contributed by atoms with E-state index in [4.69, 9.17) is 4.74 Å². The van der Waals surface area contributed by atoms with Crippen LogP contribution < -0.4 is 10.1 Å². The van der Waals surface area contributed by atoms with Gasteiger partial charge in [0.2, 0.25) is 11.0 Å². The van der Waals surface area contributed by atoms with Crippen LogP contribution in [-0.4, -0.2) is 32.7 Å². The molecule has 0 spiro atoms. The monoisotopic (exact) mass is 435 g/mol. The zero-order valence-corrected chi connectivity index (χ0v) is 17.5. The van der Waals surface area contributed by atoms with Crippen LogP contribution in [0.3, 0.4) is 0 Å². The number of hydrogen-bond donors (Lipinski definition) is 1. The maximum Gasteiger partial charge on any atom is 0.269 e. The van der Waals surface area contributed by atoms with E-state index in [2.05, 4.69) is 15.4 Å². The number of aromatic nitrogens is 3. The average molecular weight is 435 g/mol. The molecule has 1 N–H and O–H groups in total. The van der Waals surface area contributed by atoms with Gasteiger partial charge in [0.25, 0.3) is 5.69 Å². The molecular formula is C21H17N5O4S. The van der Waals surface area contributed by atoms with E-state index >= 15 is 0 Å². The van der Waals surface area contributed by atoms with Gasteiger partial charge in [0.1, 0.15) is 11.6 Å². The summed E-state index contributed by atoms with van der Waals surface area (Å²) < 4.78 is 7.87. The number of thiazole rings is 1. The van der Waals surface area contributed by atoms with Crippen LogP contribution in [0.15, 0.2) is 42.5 Å². The Kier molecular flexibility index (Phi) is 4.44. The van der Waals surface area contributed by atoms with Gasteiger partial charge in [-0.1, -0.05) is 23.5 Å². The number of nitrogens with zero attached hydrogens (tertiary/aromatic N) is 4. The van der Waals surface area contributed by atoms with E-state index in [-0.39, 0.29) is 23.9 Å². The SMILES string of the molecule is COc1ccc2nc(-n3nc(C)c4c3NC(=O)C[C@@H]4c3cccc([N+](=O)[O-])c3)sc2c1. The first kappa shape index (κ1) is 19.2. The molecule has 0 saturated carbocycles. The summed E-state index contributed by atoms with van der Waals surface area (Å²) in [5.74, 6) is 0.788. The molecule has 0 saturated heterocycles. The quantitative estimate of drug-likeness (QED) is 0.380. The molecule has 1 atom stereocenters. The first-order valence-corrected chi connectivity index (χ1v) is 10.3. The van der Waals surface area contributed by atoms with Crippen molar-refractivity contribution in [2.24, 2.45) is 0 Å². The van der Waals surface area contributed by atoms with Gasteiger partial charge >= 0.3 is 0 Å². The maximum atomic E-state index is 12.6. The van der Waals surface area contributed by atoms with Crippen LogP contribution in [0.5, 0.6) is 5.75 Å². The molecule has 1 amide bonds. The standard InChI is InChI=1S/C21H17N5O4S/c1-11-19-15(12-4-3-5-13(8-12)26(28)29)10-18(27)23-20(19)25(24-11)21-22-16-7-6-14(30-2)9-17(16)31-21/h3-9,15H,10H2,1-2H3,(H,23,27)/t15-/m1/s1. The number of nitrogens with one attached hydrogen (secondary N) is 1. The van der Waals surface area contributed by atoms with Crippen LogP contribution in [0.1, 0.15) is 29.2 Å². The van der Waals surface area contributed by atoms with Crippen molar-refractivity contribution in [2.45, 2.75) is 19.3 Å². The molecule has 156 valence electrons. The van der Waals surface area contributed by atoms with Crippen molar-refractivity contribution in [1.82, 2.24) is 14.8 Å². The van der Waals surface area contributed by atoms with Crippen molar-refractivity contribution in [3.05, 3.63) is 69.4 Å². The fourth-order valence-electron chi connectivity index (χ4n) is 3.94. The molecule has 1 aliphatic heterocycles. The summed E-state index contributed by atoms with van der Waals surface area (Å²) >= 11 is 1.44. The molecule has 10 heteroatoms. The lowest BCUT2D eigenvalue weighted by Crippen LogP contribution is -2.25. The summed E-state index contributed by atoms with van der Waals surface area (Å²) in [4.78, 5) is 28.0. The number of nitro benzene ring substituents is 1. The molecule has 4 aromatic rings. The van der Waals surface area contributed by atoms with Crippen molar-refractivity contribution in [3.8, 4) is 10.9 Å². The second-order valence-electron chi connectivity index (χ2n) is 7.25.